The molecule has 3 aromatic rings. The number of thiocarbonyl (C=S) groups is 1. The summed E-state index contributed by atoms with van der Waals surface area (Å²) >= 11 is 11.8. The second-order valence-electron chi connectivity index (χ2n) is 7.01. The first-order valence-corrected chi connectivity index (χ1v) is 10.7. The van der Waals surface area contributed by atoms with Crippen LogP contribution in [-0.2, 0) is 6.42 Å². The van der Waals surface area contributed by atoms with E-state index in [1.165, 1.54) is 0 Å². The van der Waals surface area contributed by atoms with Gasteiger partial charge in [-0.2, -0.15) is 10.2 Å². The molecule has 1 aliphatic rings. The largest absolute Gasteiger partial charge is 0.364 e. The Kier molecular flexibility index (Phi) is 6.60. The number of nitrogens with one attached hydrogen (secondary N) is 2. The molecule has 0 aliphatic carbocycles. The molecule has 0 saturated heterocycles. The quantitative estimate of drug-likeness (QED) is 0.434. The van der Waals surface area contributed by atoms with Crippen LogP contribution in [-0.4, -0.2) is 23.7 Å². The van der Waals surface area contributed by atoms with Gasteiger partial charge >= 0.3 is 0 Å². The van der Waals surface area contributed by atoms with Crippen LogP contribution in [0.3, 0.4) is 0 Å². The number of halogens is 1. The normalized spacial score (nSPS) is 16.8. The third-order valence-electron chi connectivity index (χ3n) is 5.02. The van der Waals surface area contributed by atoms with Crippen LogP contribution >= 0.6 is 23.8 Å². The lowest BCUT2D eigenvalue weighted by Gasteiger charge is -2.20. The average Bonchev–Trinajstić information content (AvgIpc) is 3.18. The zero-order chi connectivity index (χ0) is 21.6. The first kappa shape index (κ1) is 21.0. The van der Waals surface area contributed by atoms with Crippen molar-refractivity contribution >= 4 is 46.2 Å². The van der Waals surface area contributed by atoms with E-state index in [4.69, 9.17) is 28.9 Å². The molecule has 0 aromatic heterocycles. The van der Waals surface area contributed by atoms with Crippen LogP contribution in [0.4, 0.5) is 5.69 Å². The second kappa shape index (κ2) is 9.73. The summed E-state index contributed by atoms with van der Waals surface area (Å²) in [5.74, 6) is 0.636. The first-order valence-electron chi connectivity index (χ1n) is 9.95. The molecule has 1 aliphatic heterocycles. The summed E-state index contributed by atoms with van der Waals surface area (Å²) in [7, 11) is 1.76. The molecule has 0 amide bonds. The first-order chi connectivity index (χ1) is 15.2. The Morgan fingerprint density at radius 1 is 1.00 bits per heavy atom. The molecule has 0 spiro atoms. The van der Waals surface area contributed by atoms with Crippen molar-refractivity contribution in [1.82, 2.24) is 10.7 Å². The highest BCUT2D eigenvalue weighted by Gasteiger charge is 2.36. The van der Waals surface area contributed by atoms with Gasteiger partial charge in [0.25, 0.3) is 0 Å². The third-order valence-corrected chi connectivity index (χ3v) is 5.68. The molecule has 0 radical (unpaired) electrons. The highest BCUT2D eigenvalue weighted by molar-refractivity contribution is 7.80. The van der Waals surface area contributed by atoms with Gasteiger partial charge in [0.15, 0.2) is 10.9 Å². The summed E-state index contributed by atoms with van der Waals surface area (Å²) in [5.41, 5.74) is 6.87. The minimum absolute atomic E-state index is 0.116. The summed E-state index contributed by atoms with van der Waals surface area (Å²) in [6, 6.07) is 28.0. The highest BCUT2D eigenvalue weighted by Crippen LogP contribution is 2.31. The van der Waals surface area contributed by atoms with E-state index in [9.17, 15) is 0 Å². The lowest BCUT2D eigenvalue weighted by atomic mass is 9.90. The second-order valence-corrected chi connectivity index (χ2v) is 7.82. The van der Waals surface area contributed by atoms with Crippen LogP contribution in [0, 0.1) is 5.92 Å². The standard InChI is InChI=1S/C24H22ClN5S/c1-26-24(31)28-27-23-20(16-18-12-8-9-15-21(18)25)22(17-10-4-2-5-11-17)29-30(23)19-13-6-3-7-14-19/h2-15,20H,16H2,1H3,(H2,26,28,31). The lowest BCUT2D eigenvalue weighted by molar-refractivity contribution is 0.868. The third kappa shape index (κ3) is 4.76. The Hall–Kier alpha value is -3.22. The molecule has 31 heavy (non-hydrogen) atoms. The smallest absolute Gasteiger partial charge is 0.186 e. The zero-order valence-electron chi connectivity index (χ0n) is 17.0. The maximum absolute atomic E-state index is 6.51. The van der Waals surface area contributed by atoms with Crippen LogP contribution in [0.25, 0.3) is 0 Å². The predicted molar refractivity (Wildman–Crippen MR) is 133 cm³/mol. The van der Waals surface area contributed by atoms with Gasteiger partial charge in [0.2, 0.25) is 0 Å². The van der Waals surface area contributed by atoms with Crippen molar-refractivity contribution in [1.29, 1.82) is 0 Å². The van der Waals surface area contributed by atoms with Gasteiger partial charge in [-0.25, -0.2) is 5.01 Å². The van der Waals surface area contributed by atoms with Crippen molar-refractivity contribution < 1.29 is 0 Å². The minimum atomic E-state index is -0.116. The molecule has 1 unspecified atom stereocenters. The van der Waals surface area contributed by atoms with Gasteiger partial charge in [-0.15, -0.1) is 0 Å². The maximum Gasteiger partial charge on any atom is 0.186 e. The fourth-order valence-electron chi connectivity index (χ4n) is 3.49. The fourth-order valence-corrected chi connectivity index (χ4v) is 3.75. The summed E-state index contributed by atoms with van der Waals surface area (Å²) in [6.07, 6.45) is 0.656. The van der Waals surface area contributed by atoms with Crippen molar-refractivity contribution in [2.45, 2.75) is 6.42 Å². The number of hydrogen-bond acceptors (Lipinski definition) is 3. The van der Waals surface area contributed by atoms with Crippen LogP contribution < -0.4 is 15.8 Å². The van der Waals surface area contributed by atoms with E-state index < -0.39 is 0 Å². The van der Waals surface area contributed by atoms with E-state index in [0.717, 1.165) is 33.4 Å². The minimum Gasteiger partial charge on any atom is -0.364 e. The molecule has 5 nitrogen and oxygen atoms in total. The Bertz CT molecular complexity index is 1120. The van der Waals surface area contributed by atoms with E-state index in [2.05, 4.69) is 28.0 Å². The van der Waals surface area contributed by atoms with E-state index in [-0.39, 0.29) is 5.92 Å². The molecule has 156 valence electrons. The number of hydrazone groups is 2. The Balaban J connectivity index is 1.82. The molecule has 1 atom stereocenters. The van der Waals surface area contributed by atoms with Crippen LogP contribution in [0.2, 0.25) is 5.02 Å². The summed E-state index contributed by atoms with van der Waals surface area (Å²) in [4.78, 5) is 0. The van der Waals surface area contributed by atoms with Crippen molar-refractivity contribution in [2.75, 3.05) is 12.1 Å². The topological polar surface area (TPSA) is 52.0 Å². The molecule has 2 N–H and O–H groups in total. The molecule has 4 rings (SSSR count). The maximum atomic E-state index is 6.51. The SMILES string of the molecule is CNC(=S)NN=C1C(Cc2ccccc2Cl)C(c2ccccc2)=NN1c1ccccc1. The summed E-state index contributed by atoms with van der Waals surface area (Å²) in [5, 5.41) is 15.6. The monoisotopic (exact) mass is 447 g/mol. The molecule has 0 bridgehead atoms. The number of anilines is 1. The van der Waals surface area contributed by atoms with Crippen molar-refractivity contribution in [3.63, 3.8) is 0 Å². The van der Waals surface area contributed by atoms with Crippen molar-refractivity contribution in [3.05, 3.63) is 101 Å². The highest BCUT2D eigenvalue weighted by atomic mass is 35.5. The van der Waals surface area contributed by atoms with Gasteiger partial charge in [-0.05, 0) is 48.0 Å². The van der Waals surface area contributed by atoms with Gasteiger partial charge in [-0.3, -0.25) is 5.43 Å². The molecule has 3 aromatic carbocycles. The summed E-state index contributed by atoms with van der Waals surface area (Å²) < 4.78 is 0. The molecule has 0 saturated carbocycles. The van der Waals surface area contributed by atoms with Gasteiger partial charge in [0.1, 0.15) is 0 Å². The Morgan fingerprint density at radius 2 is 1.65 bits per heavy atom. The average molecular weight is 448 g/mol. The fraction of sp³-hybridized carbons (Fsp3) is 0.125. The molecular formula is C24H22ClN5S. The molecular weight excluding hydrogens is 426 g/mol. The van der Waals surface area contributed by atoms with Gasteiger partial charge in [0, 0.05) is 12.1 Å². The van der Waals surface area contributed by atoms with Gasteiger partial charge in [0.05, 0.1) is 17.3 Å². The van der Waals surface area contributed by atoms with E-state index in [1.807, 2.05) is 77.8 Å². The lowest BCUT2D eigenvalue weighted by Crippen LogP contribution is -2.35. The number of para-hydroxylation sites is 1. The molecule has 1 heterocycles. The number of rotatable bonds is 5. The molecule has 0 fully saturated rings. The van der Waals surface area contributed by atoms with Gasteiger partial charge < -0.3 is 5.32 Å². The van der Waals surface area contributed by atoms with Crippen LogP contribution in [0.15, 0.2) is 95.1 Å². The number of hydrogen-bond donors (Lipinski definition) is 2. The number of amidine groups is 1. The molecule has 7 heteroatoms. The van der Waals surface area contributed by atoms with E-state index >= 15 is 0 Å². The van der Waals surface area contributed by atoms with Crippen molar-refractivity contribution in [3.8, 4) is 0 Å². The van der Waals surface area contributed by atoms with Gasteiger partial charge in [-0.1, -0.05) is 78.3 Å². The van der Waals surface area contributed by atoms with Crippen molar-refractivity contribution in [2.24, 2.45) is 16.1 Å². The van der Waals surface area contributed by atoms with Crippen LogP contribution in [0.1, 0.15) is 11.1 Å². The zero-order valence-corrected chi connectivity index (χ0v) is 18.6. The predicted octanol–water partition coefficient (Wildman–Crippen LogP) is 4.83. The number of nitrogens with zero attached hydrogens (tertiary/aromatic N) is 3. The van der Waals surface area contributed by atoms with E-state index in [0.29, 0.717) is 11.5 Å². The van der Waals surface area contributed by atoms with E-state index in [1.54, 1.807) is 7.05 Å². The van der Waals surface area contributed by atoms with Crippen LogP contribution in [0.5, 0.6) is 0 Å². The Morgan fingerprint density at radius 3 is 2.32 bits per heavy atom. The Labute approximate surface area is 192 Å². The summed E-state index contributed by atoms with van der Waals surface area (Å²) in [6.45, 7) is 0. The number of benzene rings is 3.